The minimum absolute atomic E-state index is 0.110. The highest BCUT2D eigenvalue weighted by atomic mass is 32.1. The molecule has 0 saturated carbocycles. The molecule has 11 heteroatoms. The summed E-state index contributed by atoms with van der Waals surface area (Å²) >= 11 is 0.923. The lowest BCUT2D eigenvalue weighted by Gasteiger charge is -2.24. The molecule has 1 aliphatic heterocycles. The van der Waals surface area contributed by atoms with E-state index in [1.54, 1.807) is 50.2 Å². The third-order valence-electron chi connectivity index (χ3n) is 6.30. The van der Waals surface area contributed by atoms with Crippen molar-refractivity contribution in [2.24, 2.45) is 0 Å². The number of aliphatic hydroxyl groups excluding tert-OH is 1. The topological polar surface area (TPSA) is 124 Å². The lowest BCUT2D eigenvalue weighted by Crippen LogP contribution is -2.29. The SMILES string of the molecule is CCOc1ccc([C@@H]2C(=C(O)c3ccc(OC)cc3C)C(=O)C(=O)N2c2nc(C)c(C(=O)OC)s2)cc1OC. The van der Waals surface area contributed by atoms with Crippen LogP contribution in [-0.2, 0) is 14.3 Å². The summed E-state index contributed by atoms with van der Waals surface area (Å²) in [6.07, 6.45) is 0. The minimum Gasteiger partial charge on any atom is -0.507 e. The summed E-state index contributed by atoms with van der Waals surface area (Å²) in [6, 6.07) is 8.91. The lowest BCUT2D eigenvalue weighted by atomic mass is 9.93. The number of methoxy groups -OCH3 is 3. The van der Waals surface area contributed by atoms with Gasteiger partial charge in [-0.05, 0) is 62.2 Å². The predicted octanol–water partition coefficient (Wildman–Crippen LogP) is 4.59. The lowest BCUT2D eigenvalue weighted by molar-refractivity contribution is -0.132. The van der Waals surface area contributed by atoms with Crippen LogP contribution in [-0.4, -0.2) is 55.7 Å². The van der Waals surface area contributed by atoms with Gasteiger partial charge in [0, 0.05) is 5.56 Å². The van der Waals surface area contributed by atoms with Gasteiger partial charge in [0.25, 0.3) is 5.78 Å². The summed E-state index contributed by atoms with van der Waals surface area (Å²) in [4.78, 5) is 45.1. The van der Waals surface area contributed by atoms with E-state index in [1.165, 1.54) is 26.2 Å². The van der Waals surface area contributed by atoms with Crippen LogP contribution in [0.15, 0.2) is 42.0 Å². The van der Waals surface area contributed by atoms with E-state index in [1.807, 2.05) is 6.92 Å². The maximum Gasteiger partial charge on any atom is 0.350 e. The number of esters is 1. The predicted molar refractivity (Wildman–Crippen MR) is 145 cm³/mol. The Hall–Kier alpha value is -4.38. The van der Waals surface area contributed by atoms with Gasteiger partial charge in [-0.2, -0.15) is 0 Å². The van der Waals surface area contributed by atoms with Crippen molar-refractivity contribution in [3.63, 3.8) is 0 Å². The van der Waals surface area contributed by atoms with Crippen LogP contribution < -0.4 is 19.1 Å². The molecule has 1 atom stereocenters. The van der Waals surface area contributed by atoms with Crippen LogP contribution in [0, 0.1) is 13.8 Å². The van der Waals surface area contributed by atoms with Crippen molar-refractivity contribution in [1.29, 1.82) is 0 Å². The zero-order valence-electron chi connectivity index (χ0n) is 22.4. The number of carbonyl (C=O) groups excluding carboxylic acids is 3. The first-order valence-corrected chi connectivity index (χ1v) is 12.8. The highest BCUT2D eigenvalue weighted by molar-refractivity contribution is 7.17. The number of anilines is 1. The molecule has 2 aromatic carbocycles. The molecule has 2 heterocycles. The Morgan fingerprint density at radius 2 is 1.79 bits per heavy atom. The fourth-order valence-electron chi connectivity index (χ4n) is 4.42. The van der Waals surface area contributed by atoms with Crippen molar-refractivity contribution in [2.75, 3.05) is 32.8 Å². The second kappa shape index (κ2) is 11.2. The van der Waals surface area contributed by atoms with Crippen molar-refractivity contribution < 1.29 is 38.4 Å². The van der Waals surface area contributed by atoms with Gasteiger partial charge in [-0.3, -0.25) is 14.5 Å². The Bertz CT molecular complexity index is 1490. The first-order valence-electron chi connectivity index (χ1n) is 12.0. The van der Waals surface area contributed by atoms with Gasteiger partial charge >= 0.3 is 11.9 Å². The van der Waals surface area contributed by atoms with Crippen LogP contribution in [0.25, 0.3) is 5.76 Å². The second-order valence-electron chi connectivity index (χ2n) is 8.60. The number of thiazole rings is 1. The van der Waals surface area contributed by atoms with E-state index < -0.39 is 23.7 Å². The number of aliphatic hydroxyl groups is 1. The van der Waals surface area contributed by atoms with Crippen LogP contribution in [0.5, 0.6) is 17.2 Å². The van der Waals surface area contributed by atoms with Gasteiger partial charge in [0.05, 0.1) is 45.2 Å². The van der Waals surface area contributed by atoms with Crippen LogP contribution in [0.2, 0.25) is 0 Å². The molecule has 204 valence electrons. The van der Waals surface area contributed by atoms with Gasteiger partial charge in [-0.1, -0.05) is 17.4 Å². The largest absolute Gasteiger partial charge is 0.507 e. The average molecular weight is 553 g/mol. The Kier molecular flexibility index (Phi) is 7.91. The molecular formula is C28H28N2O8S. The monoisotopic (exact) mass is 552 g/mol. The molecular weight excluding hydrogens is 524 g/mol. The molecule has 0 unspecified atom stereocenters. The molecule has 10 nitrogen and oxygen atoms in total. The fraction of sp³-hybridized carbons (Fsp3) is 0.286. The second-order valence-corrected chi connectivity index (χ2v) is 9.57. The first-order chi connectivity index (χ1) is 18.7. The number of hydrogen-bond acceptors (Lipinski definition) is 10. The molecule has 0 radical (unpaired) electrons. The Labute approximate surface area is 229 Å². The van der Waals surface area contributed by atoms with E-state index in [9.17, 15) is 19.5 Å². The van der Waals surface area contributed by atoms with Crippen LogP contribution in [0.3, 0.4) is 0 Å². The number of rotatable bonds is 8. The number of carbonyl (C=O) groups is 3. The summed E-state index contributed by atoms with van der Waals surface area (Å²) in [5.74, 6) is -1.32. The summed E-state index contributed by atoms with van der Waals surface area (Å²) < 4.78 is 21.2. The third kappa shape index (κ3) is 4.92. The smallest absolute Gasteiger partial charge is 0.350 e. The number of ether oxygens (including phenoxy) is 4. The van der Waals surface area contributed by atoms with E-state index in [2.05, 4.69) is 4.98 Å². The molecule has 1 N–H and O–H groups in total. The molecule has 1 amide bonds. The van der Waals surface area contributed by atoms with Gasteiger partial charge in [0.1, 0.15) is 16.4 Å². The van der Waals surface area contributed by atoms with Crippen LogP contribution in [0.4, 0.5) is 5.13 Å². The molecule has 3 aromatic rings. The van der Waals surface area contributed by atoms with Gasteiger partial charge in [-0.15, -0.1) is 0 Å². The minimum atomic E-state index is -1.08. The van der Waals surface area contributed by atoms with Gasteiger partial charge < -0.3 is 24.1 Å². The van der Waals surface area contributed by atoms with E-state index >= 15 is 0 Å². The van der Waals surface area contributed by atoms with Gasteiger partial charge in [0.2, 0.25) is 0 Å². The summed E-state index contributed by atoms with van der Waals surface area (Å²) in [5.41, 5.74) is 1.68. The Morgan fingerprint density at radius 1 is 1.05 bits per heavy atom. The number of Topliss-reactive ketones (excluding diaryl/α,β-unsaturated/α-hetero) is 1. The molecule has 1 aromatic heterocycles. The van der Waals surface area contributed by atoms with Crippen molar-refractivity contribution in [3.8, 4) is 17.2 Å². The number of amides is 1. The molecule has 0 aliphatic carbocycles. The highest BCUT2D eigenvalue weighted by Gasteiger charge is 2.48. The van der Waals surface area contributed by atoms with Crippen LogP contribution in [0.1, 0.15) is 45.0 Å². The number of nitrogens with zero attached hydrogens (tertiary/aromatic N) is 2. The number of aromatic nitrogens is 1. The number of hydrogen-bond donors (Lipinski definition) is 1. The van der Waals surface area contributed by atoms with E-state index in [0.29, 0.717) is 46.2 Å². The van der Waals surface area contributed by atoms with Crippen molar-refractivity contribution in [2.45, 2.75) is 26.8 Å². The number of aryl methyl sites for hydroxylation is 2. The maximum absolute atomic E-state index is 13.5. The Balaban J connectivity index is 1.97. The van der Waals surface area contributed by atoms with E-state index in [0.717, 1.165) is 11.3 Å². The number of benzene rings is 2. The quantitative estimate of drug-likeness (QED) is 0.185. The highest BCUT2D eigenvalue weighted by Crippen LogP contribution is 2.46. The van der Waals surface area contributed by atoms with Crippen LogP contribution >= 0.6 is 11.3 Å². The standard InChI is InChI=1S/C28H28N2O8S/c1-7-38-19-11-8-16(13-20(19)36-5)22-21(23(31)18-10-9-17(35-4)12-14(18)2)24(32)26(33)30(22)28-29-15(3)25(39-28)27(34)37-6/h8-13,22,31H,7H2,1-6H3/t22-/m1/s1. The fourth-order valence-corrected chi connectivity index (χ4v) is 5.43. The Morgan fingerprint density at radius 3 is 2.41 bits per heavy atom. The van der Waals surface area contributed by atoms with Gasteiger partial charge in [-0.25, -0.2) is 9.78 Å². The summed E-state index contributed by atoms with van der Waals surface area (Å²) in [6.45, 7) is 5.61. The normalized spacial score (nSPS) is 16.4. The molecule has 1 saturated heterocycles. The maximum atomic E-state index is 13.5. The van der Waals surface area contributed by atoms with Gasteiger partial charge in [0.15, 0.2) is 16.6 Å². The first kappa shape index (κ1) is 27.6. The number of ketones is 1. The van der Waals surface area contributed by atoms with E-state index in [4.69, 9.17) is 18.9 Å². The summed E-state index contributed by atoms with van der Waals surface area (Å²) in [5, 5.41) is 11.6. The van der Waals surface area contributed by atoms with Crippen molar-refractivity contribution >= 4 is 39.9 Å². The zero-order chi connectivity index (χ0) is 28.4. The summed E-state index contributed by atoms with van der Waals surface area (Å²) in [7, 11) is 4.25. The molecule has 4 rings (SSSR count). The molecule has 1 fully saturated rings. The van der Waals surface area contributed by atoms with Crippen molar-refractivity contribution in [3.05, 3.63) is 69.2 Å². The molecule has 39 heavy (non-hydrogen) atoms. The molecule has 0 bridgehead atoms. The van der Waals surface area contributed by atoms with Crippen molar-refractivity contribution in [1.82, 2.24) is 4.98 Å². The van der Waals surface area contributed by atoms with E-state index in [-0.39, 0.29) is 21.3 Å². The zero-order valence-corrected chi connectivity index (χ0v) is 23.2. The third-order valence-corrected chi connectivity index (χ3v) is 7.44. The molecule has 0 spiro atoms. The molecule has 1 aliphatic rings. The average Bonchev–Trinajstić information content (AvgIpc) is 3.44.